The van der Waals surface area contributed by atoms with E-state index in [-0.39, 0.29) is 6.16 Å². The number of nitrogens with two attached hydrogens (primary N) is 2. The van der Waals surface area contributed by atoms with Gasteiger partial charge in [0.2, 0.25) is 0 Å². The van der Waals surface area contributed by atoms with Crippen molar-refractivity contribution >= 4 is 7.60 Å². The van der Waals surface area contributed by atoms with Crippen LogP contribution in [-0.2, 0) is 13.8 Å². The third-order valence-electron chi connectivity index (χ3n) is 0.709. The normalized spacial score (nSPS) is 11.9. The molecule has 0 spiro atoms. The molecule has 4 N–H and O–H groups in total. The van der Waals surface area contributed by atoms with E-state index in [0.717, 1.165) is 0 Å². The Kier molecular flexibility index (Phi) is 3.19. The molecule has 0 aliphatic heterocycles. The average Bonchev–Trinajstić information content (AvgIpc) is 1.87. The summed E-state index contributed by atoms with van der Waals surface area (Å²) < 4.78 is 18.5. The maximum Gasteiger partial charge on any atom is 0.362 e. The van der Waals surface area contributed by atoms with Crippen LogP contribution in [0.5, 0.6) is 0 Å². The van der Waals surface area contributed by atoms with Crippen molar-refractivity contribution in [3.8, 4) is 0 Å². The Balaban J connectivity index is 3.79. The lowest BCUT2D eigenvalue weighted by atomic mass is 11.0. The molecule has 8 heavy (non-hydrogen) atoms. The molecule has 5 nitrogen and oxygen atoms in total. The summed E-state index contributed by atoms with van der Waals surface area (Å²) in [5, 5.41) is 0. The smallest absolute Gasteiger partial charge is 0.257 e. The van der Waals surface area contributed by atoms with Crippen molar-refractivity contribution in [3.63, 3.8) is 0 Å². The molecule has 0 heterocycles. The monoisotopic (exact) mass is 140 g/mol. The van der Waals surface area contributed by atoms with Gasteiger partial charge in [-0.1, -0.05) is 6.92 Å². The molecule has 0 aromatic rings. The highest BCUT2D eigenvalue weighted by atomic mass is 31.2. The predicted octanol–water partition coefficient (Wildman–Crippen LogP) is -0.0200. The molecule has 0 bridgehead atoms. The van der Waals surface area contributed by atoms with Crippen molar-refractivity contribution in [1.29, 1.82) is 0 Å². The van der Waals surface area contributed by atoms with Crippen LogP contribution >= 0.6 is 7.60 Å². The predicted molar refractivity (Wildman–Crippen MR) is 28.7 cm³/mol. The van der Waals surface area contributed by atoms with Gasteiger partial charge >= 0.3 is 7.60 Å². The fraction of sp³-hybridized carbons (Fsp3) is 1.00. The molecule has 0 aromatic carbocycles. The minimum Gasteiger partial charge on any atom is -0.257 e. The van der Waals surface area contributed by atoms with Gasteiger partial charge in [-0.15, -0.1) is 0 Å². The molecular weight excluding hydrogens is 131 g/mol. The van der Waals surface area contributed by atoms with Gasteiger partial charge in [0.25, 0.3) is 0 Å². The van der Waals surface area contributed by atoms with E-state index in [1.807, 2.05) is 0 Å². The molecule has 0 saturated heterocycles. The molecule has 0 aromatic heterocycles. The molecular formula is C2H9N2O3P. The highest BCUT2D eigenvalue weighted by Gasteiger charge is 2.18. The Bertz CT molecular complexity index is 86.4. The average molecular weight is 140 g/mol. The summed E-state index contributed by atoms with van der Waals surface area (Å²) >= 11 is 0. The van der Waals surface area contributed by atoms with Gasteiger partial charge in [0, 0.05) is 6.16 Å². The first-order valence-electron chi connectivity index (χ1n) is 2.04. The molecule has 0 aliphatic carbocycles. The summed E-state index contributed by atoms with van der Waals surface area (Å²) in [5.74, 6) is 9.12. The third-order valence-corrected chi connectivity index (χ3v) is 2.13. The van der Waals surface area contributed by atoms with Crippen LogP contribution in [0.1, 0.15) is 6.92 Å². The Morgan fingerprint density at radius 2 is 1.88 bits per heavy atom. The summed E-state index contributed by atoms with van der Waals surface area (Å²) in [6.45, 7) is 1.60. The van der Waals surface area contributed by atoms with Crippen LogP contribution in [0.25, 0.3) is 0 Å². The second-order valence-electron chi connectivity index (χ2n) is 1.14. The molecule has 0 amide bonds. The summed E-state index contributed by atoms with van der Waals surface area (Å²) in [7, 11) is -3.11. The van der Waals surface area contributed by atoms with Crippen molar-refractivity contribution in [2.24, 2.45) is 11.8 Å². The van der Waals surface area contributed by atoms with Gasteiger partial charge in [0.15, 0.2) is 0 Å². The zero-order valence-corrected chi connectivity index (χ0v) is 5.43. The van der Waals surface area contributed by atoms with Crippen LogP contribution < -0.4 is 11.8 Å². The van der Waals surface area contributed by atoms with E-state index in [1.165, 1.54) is 0 Å². The maximum atomic E-state index is 10.6. The number of hydrogen-bond acceptors (Lipinski definition) is 5. The topological polar surface area (TPSA) is 87.6 Å². The van der Waals surface area contributed by atoms with E-state index in [9.17, 15) is 4.57 Å². The SMILES string of the molecule is CCP(=O)(ON)ON. The second-order valence-corrected chi connectivity index (χ2v) is 3.41. The first kappa shape index (κ1) is 8.07. The lowest BCUT2D eigenvalue weighted by Crippen LogP contribution is -2.06. The largest absolute Gasteiger partial charge is 0.362 e. The van der Waals surface area contributed by atoms with E-state index >= 15 is 0 Å². The van der Waals surface area contributed by atoms with Crippen LogP contribution in [-0.4, -0.2) is 6.16 Å². The molecule has 50 valence electrons. The number of rotatable bonds is 3. The molecule has 0 aliphatic rings. The van der Waals surface area contributed by atoms with Crippen molar-refractivity contribution in [2.45, 2.75) is 6.92 Å². The molecule has 0 saturated carbocycles. The fourth-order valence-corrected chi connectivity index (χ4v) is 0.522. The molecule has 0 unspecified atom stereocenters. The summed E-state index contributed by atoms with van der Waals surface area (Å²) in [4.78, 5) is 0. The molecule has 0 fully saturated rings. The maximum absolute atomic E-state index is 10.6. The first-order valence-corrected chi connectivity index (χ1v) is 3.77. The molecule has 0 radical (unpaired) electrons. The van der Waals surface area contributed by atoms with Gasteiger partial charge in [0.1, 0.15) is 0 Å². The first-order chi connectivity index (χ1) is 3.68. The van der Waals surface area contributed by atoms with Gasteiger partial charge < -0.3 is 0 Å². The van der Waals surface area contributed by atoms with Crippen LogP contribution in [0.3, 0.4) is 0 Å². The summed E-state index contributed by atoms with van der Waals surface area (Å²) in [6, 6.07) is 0. The highest BCUT2D eigenvalue weighted by molar-refractivity contribution is 7.53. The van der Waals surface area contributed by atoms with Crippen LogP contribution in [0.2, 0.25) is 0 Å². The molecule has 0 atom stereocenters. The molecule has 6 heteroatoms. The van der Waals surface area contributed by atoms with Gasteiger partial charge in [-0.25, -0.2) is 21.0 Å². The Morgan fingerprint density at radius 3 is 1.88 bits per heavy atom. The van der Waals surface area contributed by atoms with E-state index in [2.05, 4.69) is 21.0 Å². The van der Waals surface area contributed by atoms with E-state index in [4.69, 9.17) is 0 Å². The Hall–Kier alpha value is 0.0700. The van der Waals surface area contributed by atoms with Gasteiger partial charge in [0.05, 0.1) is 0 Å². The second kappa shape index (κ2) is 3.17. The van der Waals surface area contributed by atoms with Crippen molar-refractivity contribution in [2.75, 3.05) is 6.16 Å². The van der Waals surface area contributed by atoms with Gasteiger partial charge in [-0.2, -0.15) is 0 Å². The Labute approximate surface area is 47.4 Å². The third kappa shape index (κ3) is 1.90. The van der Waals surface area contributed by atoms with Gasteiger partial charge in [-0.05, 0) is 0 Å². The zero-order valence-electron chi connectivity index (χ0n) is 4.53. The van der Waals surface area contributed by atoms with E-state index in [1.54, 1.807) is 6.92 Å². The molecule has 0 rings (SSSR count). The van der Waals surface area contributed by atoms with Crippen molar-refractivity contribution < 1.29 is 13.8 Å². The van der Waals surface area contributed by atoms with Crippen LogP contribution in [0.15, 0.2) is 0 Å². The standard InChI is InChI=1S/C2H9N2O3P/c1-2-8(5,6-3)7-4/h2-4H2,1H3. The summed E-state index contributed by atoms with van der Waals surface area (Å²) in [5.41, 5.74) is 0. The number of hydrogen-bond donors (Lipinski definition) is 2. The lowest BCUT2D eigenvalue weighted by Gasteiger charge is -2.06. The minimum atomic E-state index is -3.11. The fourth-order valence-electron chi connectivity index (χ4n) is 0.174. The highest BCUT2D eigenvalue weighted by Crippen LogP contribution is 2.43. The Morgan fingerprint density at radius 1 is 1.50 bits per heavy atom. The van der Waals surface area contributed by atoms with E-state index in [0.29, 0.717) is 0 Å². The minimum absolute atomic E-state index is 0.181. The van der Waals surface area contributed by atoms with Crippen LogP contribution in [0.4, 0.5) is 0 Å². The summed E-state index contributed by atoms with van der Waals surface area (Å²) in [6.07, 6.45) is 0.181. The lowest BCUT2D eigenvalue weighted by molar-refractivity contribution is 0.212. The van der Waals surface area contributed by atoms with Crippen LogP contribution in [0, 0.1) is 0 Å². The van der Waals surface area contributed by atoms with Gasteiger partial charge in [-0.3, -0.25) is 4.57 Å². The van der Waals surface area contributed by atoms with E-state index < -0.39 is 7.60 Å². The van der Waals surface area contributed by atoms with Crippen molar-refractivity contribution in [3.05, 3.63) is 0 Å². The zero-order chi connectivity index (χ0) is 6.62. The van der Waals surface area contributed by atoms with Crippen molar-refractivity contribution in [1.82, 2.24) is 0 Å². The quantitative estimate of drug-likeness (QED) is 0.424.